The van der Waals surface area contributed by atoms with Crippen molar-refractivity contribution in [2.75, 3.05) is 17.2 Å². The molecule has 16 heavy (non-hydrogen) atoms. The van der Waals surface area contributed by atoms with Gasteiger partial charge in [-0.2, -0.15) is 0 Å². The van der Waals surface area contributed by atoms with Crippen LogP contribution in [0.4, 0.5) is 11.4 Å². The van der Waals surface area contributed by atoms with E-state index >= 15 is 0 Å². The van der Waals surface area contributed by atoms with Gasteiger partial charge in [0.2, 0.25) is 5.91 Å². The Bertz CT molecular complexity index is 452. The SMILES string of the molecule is CC1(C)C(=O)Nc2cccc(NCC=O)c21. The van der Waals surface area contributed by atoms with Crippen molar-refractivity contribution in [3.63, 3.8) is 0 Å². The largest absolute Gasteiger partial charge is 0.378 e. The summed E-state index contributed by atoms with van der Waals surface area (Å²) in [6.45, 7) is 4.00. The van der Waals surface area contributed by atoms with Crippen LogP contribution in [0.1, 0.15) is 19.4 Å². The zero-order chi connectivity index (χ0) is 11.8. The Morgan fingerprint density at radius 3 is 2.88 bits per heavy atom. The summed E-state index contributed by atoms with van der Waals surface area (Å²) in [6, 6.07) is 5.60. The number of nitrogens with one attached hydrogen (secondary N) is 2. The van der Waals surface area contributed by atoms with Crippen molar-refractivity contribution in [2.45, 2.75) is 19.3 Å². The van der Waals surface area contributed by atoms with Crippen molar-refractivity contribution in [3.8, 4) is 0 Å². The van der Waals surface area contributed by atoms with Gasteiger partial charge in [0.1, 0.15) is 6.29 Å². The number of hydrogen-bond acceptors (Lipinski definition) is 3. The number of benzene rings is 1. The fourth-order valence-corrected chi connectivity index (χ4v) is 2.02. The Morgan fingerprint density at radius 2 is 2.19 bits per heavy atom. The molecule has 0 saturated carbocycles. The quantitative estimate of drug-likeness (QED) is 0.756. The van der Waals surface area contributed by atoms with Crippen molar-refractivity contribution in [1.29, 1.82) is 0 Å². The van der Waals surface area contributed by atoms with Crippen molar-refractivity contribution < 1.29 is 9.59 Å². The molecule has 84 valence electrons. The molecule has 0 aromatic heterocycles. The van der Waals surface area contributed by atoms with Crippen LogP contribution < -0.4 is 10.6 Å². The highest BCUT2D eigenvalue weighted by atomic mass is 16.2. The maximum Gasteiger partial charge on any atom is 0.234 e. The smallest absolute Gasteiger partial charge is 0.234 e. The minimum Gasteiger partial charge on any atom is -0.378 e. The number of anilines is 2. The first-order chi connectivity index (χ1) is 7.57. The van der Waals surface area contributed by atoms with E-state index in [0.29, 0.717) is 0 Å². The topological polar surface area (TPSA) is 58.2 Å². The number of carbonyl (C=O) groups excluding carboxylic acids is 2. The van der Waals surface area contributed by atoms with Crippen molar-refractivity contribution in [3.05, 3.63) is 23.8 Å². The molecule has 1 aliphatic heterocycles. The fourth-order valence-electron chi connectivity index (χ4n) is 2.02. The highest BCUT2D eigenvalue weighted by Gasteiger charge is 2.40. The first-order valence-corrected chi connectivity index (χ1v) is 5.20. The second-order valence-corrected chi connectivity index (χ2v) is 4.35. The fraction of sp³-hybridized carbons (Fsp3) is 0.333. The van der Waals surface area contributed by atoms with Crippen molar-refractivity contribution >= 4 is 23.6 Å². The number of fused-ring (bicyclic) bond motifs is 1. The number of hydrogen-bond donors (Lipinski definition) is 2. The molecule has 0 fully saturated rings. The van der Waals surface area contributed by atoms with Crippen LogP contribution in [0.25, 0.3) is 0 Å². The molecule has 2 N–H and O–H groups in total. The molecule has 1 heterocycles. The Balaban J connectivity index is 2.48. The van der Waals surface area contributed by atoms with Gasteiger partial charge in [0.25, 0.3) is 0 Å². The van der Waals surface area contributed by atoms with Crippen LogP contribution in [-0.2, 0) is 15.0 Å². The third kappa shape index (κ3) is 1.46. The molecule has 0 bridgehead atoms. The van der Waals surface area contributed by atoms with Gasteiger partial charge in [0.15, 0.2) is 0 Å². The second-order valence-electron chi connectivity index (χ2n) is 4.35. The molecule has 0 atom stereocenters. The van der Waals surface area contributed by atoms with Crippen LogP contribution in [0.15, 0.2) is 18.2 Å². The molecule has 0 radical (unpaired) electrons. The summed E-state index contributed by atoms with van der Waals surface area (Å²) in [5.74, 6) is -0.0112. The first-order valence-electron chi connectivity index (χ1n) is 5.20. The monoisotopic (exact) mass is 218 g/mol. The van der Waals surface area contributed by atoms with Gasteiger partial charge in [-0.15, -0.1) is 0 Å². The van der Waals surface area contributed by atoms with Gasteiger partial charge in [-0.3, -0.25) is 4.79 Å². The molecule has 0 spiro atoms. The molecule has 4 heteroatoms. The third-order valence-electron chi connectivity index (χ3n) is 2.88. The van der Waals surface area contributed by atoms with Crippen LogP contribution in [0.3, 0.4) is 0 Å². The van der Waals surface area contributed by atoms with E-state index in [4.69, 9.17) is 0 Å². The highest BCUT2D eigenvalue weighted by molar-refractivity contribution is 6.07. The molecule has 2 rings (SSSR count). The Hall–Kier alpha value is -1.84. The summed E-state index contributed by atoms with van der Waals surface area (Å²) < 4.78 is 0. The zero-order valence-electron chi connectivity index (χ0n) is 9.33. The highest BCUT2D eigenvalue weighted by Crippen LogP contribution is 2.41. The summed E-state index contributed by atoms with van der Waals surface area (Å²) in [5.41, 5.74) is 2.04. The molecule has 4 nitrogen and oxygen atoms in total. The van der Waals surface area contributed by atoms with Crippen LogP contribution in [0.5, 0.6) is 0 Å². The van der Waals surface area contributed by atoms with E-state index in [2.05, 4.69) is 10.6 Å². The summed E-state index contributed by atoms with van der Waals surface area (Å²) >= 11 is 0. The van der Waals surface area contributed by atoms with Crippen molar-refractivity contribution in [2.24, 2.45) is 0 Å². The minimum absolute atomic E-state index is 0.0112. The third-order valence-corrected chi connectivity index (χ3v) is 2.88. The van der Waals surface area contributed by atoms with E-state index in [9.17, 15) is 9.59 Å². The molecule has 0 unspecified atom stereocenters. The molecular weight excluding hydrogens is 204 g/mol. The van der Waals surface area contributed by atoms with Gasteiger partial charge in [-0.05, 0) is 26.0 Å². The van der Waals surface area contributed by atoms with Crippen LogP contribution in [-0.4, -0.2) is 18.7 Å². The maximum atomic E-state index is 11.8. The number of rotatable bonds is 3. The second kappa shape index (κ2) is 3.63. The number of aldehydes is 1. The molecule has 0 saturated heterocycles. The predicted octanol–water partition coefficient (Wildman–Crippen LogP) is 1.53. The van der Waals surface area contributed by atoms with Gasteiger partial charge in [0.05, 0.1) is 12.0 Å². The zero-order valence-corrected chi connectivity index (χ0v) is 9.33. The lowest BCUT2D eigenvalue weighted by Gasteiger charge is -2.19. The molecule has 1 amide bonds. The van der Waals surface area contributed by atoms with Crippen LogP contribution >= 0.6 is 0 Å². The van der Waals surface area contributed by atoms with Gasteiger partial charge >= 0.3 is 0 Å². The Labute approximate surface area is 94.0 Å². The van der Waals surface area contributed by atoms with E-state index in [1.165, 1.54) is 0 Å². The molecule has 1 aromatic rings. The van der Waals surface area contributed by atoms with Crippen LogP contribution in [0.2, 0.25) is 0 Å². The molecule has 1 aromatic carbocycles. The van der Waals surface area contributed by atoms with E-state index < -0.39 is 5.41 Å². The van der Waals surface area contributed by atoms with Gasteiger partial charge in [-0.25, -0.2) is 0 Å². The van der Waals surface area contributed by atoms with Crippen molar-refractivity contribution in [1.82, 2.24) is 0 Å². The lowest BCUT2D eigenvalue weighted by Crippen LogP contribution is -2.27. The van der Waals surface area contributed by atoms with E-state index in [0.717, 1.165) is 23.2 Å². The summed E-state index contributed by atoms with van der Waals surface area (Å²) in [6.07, 6.45) is 0.802. The summed E-state index contributed by atoms with van der Waals surface area (Å²) in [7, 11) is 0. The average Bonchev–Trinajstić information content (AvgIpc) is 2.48. The summed E-state index contributed by atoms with van der Waals surface area (Å²) in [4.78, 5) is 22.1. The number of carbonyl (C=O) groups is 2. The normalized spacial score (nSPS) is 16.5. The van der Waals surface area contributed by atoms with Gasteiger partial charge < -0.3 is 15.4 Å². The van der Waals surface area contributed by atoms with Crippen LogP contribution in [0, 0.1) is 0 Å². The predicted molar refractivity (Wildman–Crippen MR) is 62.7 cm³/mol. The van der Waals surface area contributed by atoms with Gasteiger partial charge in [-0.1, -0.05) is 6.07 Å². The molecule has 0 aliphatic carbocycles. The Morgan fingerprint density at radius 1 is 1.44 bits per heavy atom. The number of amides is 1. The van der Waals surface area contributed by atoms with E-state index in [1.807, 2.05) is 32.0 Å². The minimum atomic E-state index is -0.554. The van der Waals surface area contributed by atoms with Gasteiger partial charge in [0, 0.05) is 16.9 Å². The molecule has 1 aliphatic rings. The van der Waals surface area contributed by atoms with E-state index in [-0.39, 0.29) is 12.5 Å². The first kappa shape index (κ1) is 10.7. The lowest BCUT2D eigenvalue weighted by molar-refractivity contribution is -0.119. The lowest BCUT2D eigenvalue weighted by atomic mass is 9.85. The Kier molecular flexibility index (Phi) is 2.42. The standard InChI is InChI=1S/C12H14N2O2/c1-12(2)10-8(13-6-7-15)4-3-5-9(10)14-11(12)16/h3-5,7,13H,6H2,1-2H3,(H,14,16). The van der Waals surface area contributed by atoms with E-state index in [1.54, 1.807) is 0 Å². The maximum absolute atomic E-state index is 11.8. The summed E-state index contributed by atoms with van der Waals surface area (Å²) in [5, 5.41) is 5.85. The average molecular weight is 218 g/mol. The molecular formula is C12H14N2O2.